The van der Waals surface area contributed by atoms with E-state index in [2.05, 4.69) is 32.6 Å². The van der Waals surface area contributed by atoms with Crippen LogP contribution in [-0.4, -0.2) is 14.4 Å². The number of rotatable bonds is 0. The minimum atomic E-state index is 0.980. The Balaban J connectivity index is 2.48. The maximum absolute atomic E-state index is 4.47. The van der Waals surface area contributed by atoms with E-state index in [4.69, 9.17) is 0 Å². The standard InChI is InChI=1S/C14H9N3/c1-3-11-12-9-15-7-5-10(12)13-4-2-8-17(13)14(11)16-6-1/h1-9H. The summed E-state index contributed by atoms with van der Waals surface area (Å²) in [7, 11) is 0. The Morgan fingerprint density at radius 1 is 0.882 bits per heavy atom. The van der Waals surface area contributed by atoms with Crippen LogP contribution in [0.25, 0.3) is 27.3 Å². The van der Waals surface area contributed by atoms with E-state index in [9.17, 15) is 0 Å². The molecule has 0 amide bonds. The first-order valence-corrected chi connectivity index (χ1v) is 5.52. The molecule has 3 heteroatoms. The molecular formula is C14H9N3. The summed E-state index contributed by atoms with van der Waals surface area (Å²) < 4.78 is 2.12. The van der Waals surface area contributed by atoms with Gasteiger partial charge in [0.2, 0.25) is 0 Å². The van der Waals surface area contributed by atoms with Gasteiger partial charge in [-0.3, -0.25) is 4.98 Å². The van der Waals surface area contributed by atoms with Crippen LogP contribution in [0.4, 0.5) is 0 Å². The van der Waals surface area contributed by atoms with Crippen molar-refractivity contribution in [1.82, 2.24) is 14.4 Å². The molecule has 4 rings (SSSR count). The van der Waals surface area contributed by atoms with Crippen molar-refractivity contribution >= 4 is 27.3 Å². The molecule has 0 radical (unpaired) electrons. The van der Waals surface area contributed by atoms with Gasteiger partial charge in [-0.25, -0.2) is 4.98 Å². The molecule has 4 aromatic rings. The van der Waals surface area contributed by atoms with Gasteiger partial charge in [0.15, 0.2) is 0 Å². The maximum atomic E-state index is 4.47. The Hall–Kier alpha value is -2.42. The molecule has 0 saturated heterocycles. The van der Waals surface area contributed by atoms with Crippen molar-refractivity contribution in [2.75, 3.05) is 0 Å². The van der Waals surface area contributed by atoms with Crippen molar-refractivity contribution in [2.45, 2.75) is 0 Å². The van der Waals surface area contributed by atoms with Crippen molar-refractivity contribution in [2.24, 2.45) is 0 Å². The highest BCUT2D eigenvalue weighted by atomic mass is 15.0. The average Bonchev–Trinajstić information content (AvgIpc) is 2.89. The van der Waals surface area contributed by atoms with Crippen LogP contribution in [0.3, 0.4) is 0 Å². The topological polar surface area (TPSA) is 30.2 Å². The second-order valence-corrected chi connectivity index (χ2v) is 4.06. The molecule has 0 aromatic carbocycles. The van der Waals surface area contributed by atoms with Crippen LogP contribution in [-0.2, 0) is 0 Å². The number of hydrogen-bond acceptors (Lipinski definition) is 2. The zero-order valence-electron chi connectivity index (χ0n) is 9.04. The van der Waals surface area contributed by atoms with E-state index in [1.165, 1.54) is 10.9 Å². The lowest BCUT2D eigenvalue weighted by atomic mass is 10.1. The molecule has 0 N–H and O–H groups in total. The van der Waals surface area contributed by atoms with Gasteiger partial charge in [0.25, 0.3) is 0 Å². The molecule has 0 atom stereocenters. The van der Waals surface area contributed by atoms with Crippen molar-refractivity contribution < 1.29 is 0 Å². The lowest BCUT2D eigenvalue weighted by Gasteiger charge is -2.06. The Morgan fingerprint density at radius 3 is 2.88 bits per heavy atom. The van der Waals surface area contributed by atoms with Crippen LogP contribution in [0.2, 0.25) is 0 Å². The van der Waals surface area contributed by atoms with Crippen LogP contribution in [0.5, 0.6) is 0 Å². The van der Waals surface area contributed by atoms with Gasteiger partial charge in [-0.1, -0.05) is 0 Å². The van der Waals surface area contributed by atoms with Crippen LogP contribution in [0.1, 0.15) is 0 Å². The normalized spacial score (nSPS) is 11.5. The minimum absolute atomic E-state index is 0.980. The van der Waals surface area contributed by atoms with Gasteiger partial charge < -0.3 is 4.40 Å². The third-order valence-electron chi connectivity index (χ3n) is 3.15. The Bertz CT molecular complexity index is 776. The lowest BCUT2D eigenvalue weighted by molar-refractivity contribution is 1.21. The molecule has 0 fully saturated rings. The second-order valence-electron chi connectivity index (χ2n) is 4.06. The third-order valence-corrected chi connectivity index (χ3v) is 3.15. The van der Waals surface area contributed by atoms with Crippen LogP contribution >= 0.6 is 0 Å². The van der Waals surface area contributed by atoms with Crippen molar-refractivity contribution in [3.8, 4) is 0 Å². The lowest BCUT2D eigenvalue weighted by Crippen LogP contribution is -1.91. The van der Waals surface area contributed by atoms with Gasteiger partial charge in [0.05, 0.1) is 5.52 Å². The van der Waals surface area contributed by atoms with Crippen LogP contribution in [0, 0.1) is 0 Å². The largest absolute Gasteiger partial charge is 0.301 e. The van der Waals surface area contributed by atoms with E-state index >= 15 is 0 Å². The fraction of sp³-hybridized carbons (Fsp3) is 0. The van der Waals surface area contributed by atoms with E-state index in [0.29, 0.717) is 0 Å². The SMILES string of the molecule is c1cnc2c(c1)c1cnccc1c1cccn12. The Kier molecular flexibility index (Phi) is 1.56. The molecule has 0 unspecified atom stereocenters. The predicted molar refractivity (Wildman–Crippen MR) is 68.0 cm³/mol. The number of nitrogens with zero attached hydrogens (tertiary/aromatic N) is 3. The highest BCUT2D eigenvalue weighted by Gasteiger charge is 2.07. The van der Waals surface area contributed by atoms with E-state index in [-0.39, 0.29) is 0 Å². The van der Waals surface area contributed by atoms with Crippen LogP contribution in [0.15, 0.2) is 55.1 Å². The monoisotopic (exact) mass is 219 g/mol. The smallest absolute Gasteiger partial charge is 0.145 e. The zero-order chi connectivity index (χ0) is 11.2. The molecular weight excluding hydrogens is 210 g/mol. The highest BCUT2D eigenvalue weighted by Crippen LogP contribution is 2.27. The molecule has 0 aliphatic rings. The summed E-state index contributed by atoms with van der Waals surface area (Å²) in [5.41, 5.74) is 2.15. The molecule has 4 aromatic heterocycles. The number of pyridine rings is 3. The molecule has 3 nitrogen and oxygen atoms in total. The number of fused-ring (bicyclic) bond motifs is 6. The number of hydrogen-bond donors (Lipinski definition) is 0. The molecule has 0 aliphatic carbocycles. The Labute approximate surface area is 97.4 Å². The second kappa shape index (κ2) is 3.04. The van der Waals surface area contributed by atoms with Gasteiger partial charge >= 0.3 is 0 Å². The summed E-state index contributed by atoms with van der Waals surface area (Å²) in [5, 5.41) is 3.51. The minimum Gasteiger partial charge on any atom is -0.301 e. The summed E-state index contributed by atoms with van der Waals surface area (Å²) in [6.07, 6.45) is 7.61. The molecule has 0 saturated carbocycles. The maximum Gasteiger partial charge on any atom is 0.145 e. The first-order valence-electron chi connectivity index (χ1n) is 5.52. The van der Waals surface area contributed by atoms with Gasteiger partial charge in [0, 0.05) is 40.9 Å². The molecule has 17 heavy (non-hydrogen) atoms. The summed E-state index contributed by atoms with van der Waals surface area (Å²) in [4.78, 5) is 8.68. The summed E-state index contributed by atoms with van der Waals surface area (Å²) in [6.45, 7) is 0. The summed E-state index contributed by atoms with van der Waals surface area (Å²) in [5.74, 6) is 0. The predicted octanol–water partition coefficient (Wildman–Crippen LogP) is 3.04. The fourth-order valence-electron chi connectivity index (χ4n) is 2.42. The van der Waals surface area contributed by atoms with Crippen LogP contribution < -0.4 is 0 Å². The summed E-state index contributed by atoms with van der Waals surface area (Å²) in [6, 6.07) is 10.3. The molecule has 0 aliphatic heterocycles. The molecule has 80 valence electrons. The van der Waals surface area contributed by atoms with Gasteiger partial charge in [0.1, 0.15) is 5.65 Å². The average molecular weight is 219 g/mol. The van der Waals surface area contributed by atoms with Crippen molar-refractivity contribution in [3.05, 3.63) is 55.1 Å². The van der Waals surface area contributed by atoms with E-state index < -0.39 is 0 Å². The Morgan fingerprint density at radius 2 is 1.88 bits per heavy atom. The summed E-state index contributed by atoms with van der Waals surface area (Å²) >= 11 is 0. The zero-order valence-corrected chi connectivity index (χ0v) is 9.04. The molecule has 0 spiro atoms. The fourth-order valence-corrected chi connectivity index (χ4v) is 2.42. The number of aromatic nitrogens is 3. The van der Waals surface area contributed by atoms with Gasteiger partial charge in [-0.2, -0.15) is 0 Å². The first kappa shape index (κ1) is 8.70. The van der Waals surface area contributed by atoms with Gasteiger partial charge in [-0.15, -0.1) is 0 Å². The highest BCUT2D eigenvalue weighted by molar-refractivity contribution is 6.11. The van der Waals surface area contributed by atoms with E-state index in [1.54, 1.807) is 0 Å². The third kappa shape index (κ3) is 1.05. The molecule has 4 heterocycles. The van der Waals surface area contributed by atoms with Crippen molar-refractivity contribution in [3.63, 3.8) is 0 Å². The first-order chi connectivity index (χ1) is 8.45. The van der Waals surface area contributed by atoms with Crippen molar-refractivity contribution in [1.29, 1.82) is 0 Å². The van der Waals surface area contributed by atoms with E-state index in [1.807, 2.05) is 36.9 Å². The van der Waals surface area contributed by atoms with E-state index in [0.717, 1.165) is 16.4 Å². The van der Waals surface area contributed by atoms with Gasteiger partial charge in [-0.05, 0) is 30.3 Å². The quantitative estimate of drug-likeness (QED) is 0.425. The molecule has 0 bridgehead atoms.